The van der Waals surface area contributed by atoms with Gasteiger partial charge in [-0.1, -0.05) is 13.0 Å². The van der Waals surface area contributed by atoms with Gasteiger partial charge in [0.05, 0.1) is 13.1 Å². The third-order valence-electron chi connectivity index (χ3n) is 3.09. The van der Waals surface area contributed by atoms with Gasteiger partial charge in [0, 0.05) is 36.3 Å². The fourth-order valence-corrected chi connectivity index (χ4v) is 2.73. The van der Waals surface area contributed by atoms with E-state index in [-0.39, 0.29) is 24.0 Å². The summed E-state index contributed by atoms with van der Waals surface area (Å²) in [6.45, 7) is 7.58. The molecule has 0 aliphatic heterocycles. The van der Waals surface area contributed by atoms with E-state index in [2.05, 4.69) is 52.1 Å². The number of rotatable bonds is 7. The third-order valence-corrected chi connectivity index (χ3v) is 4.19. The van der Waals surface area contributed by atoms with Gasteiger partial charge in [-0.2, -0.15) is 5.10 Å². The quantitative estimate of drug-likeness (QED) is 0.401. The zero-order chi connectivity index (χ0) is 14.9. The van der Waals surface area contributed by atoms with Gasteiger partial charge >= 0.3 is 0 Å². The first-order valence-electron chi connectivity index (χ1n) is 7.32. The largest absolute Gasteiger partial charge is 0.357 e. The van der Waals surface area contributed by atoms with Crippen molar-refractivity contribution in [1.29, 1.82) is 0 Å². The Bertz CT molecular complexity index is 524. The van der Waals surface area contributed by atoms with Crippen LogP contribution in [0.2, 0.25) is 0 Å². The minimum atomic E-state index is 0. The van der Waals surface area contributed by atoms with E-state index in [1.807, 2.05) is 16.9 Å². The lowest BCUT2D eigenvalue weighted by Gasteiger charge is -2.13. The Kier molecular flexibility index (Phi) is 9.14. The molecule has 0 aliphatic carbocycles. The summed E-state index contributed by atoms with van der Waals surface area (Å²) >= 11 is 1.79. The van der Waals surface area contributed by atoms with Crippen LogP contribution in [0.25, 0.3) is 0 Å². The van der Waals surface area contributed by atoms with Crippen LogP contribution in [0.5, 0.6) is 0 Å². The molecule has 2 heterocycles. The topological polar surface area (TPSA) is 54.2 Å². The van der Waals surface area contributed by atoms with E-state index >= 15 is 0 Å². The first-order chi connectivity index (χ1) is 10.3. The van der Waals surface area contributed by atoms with Gasteiger partial charge in [0.25, 0.3) is 0 Å². The molecule has 7 heteroatoms. The number of aromatic nitrogens is 2. The molecule has 0 aliphatic rings. The second-order valence-electron chi connectivity index (χ2n) is 4.83. The van der Waals surface area contributed by atoms with Crippen LogP contribution in [-0.2, 0) is 6.54 Å². The van der Waals surface area contributed by atoms with E-state index < -0.39 is 0 Å². The zero-order valence-electron chi connectivity index (χ0n) is 13.0. The molecule has 0 radical (unpaired) electrons. The standard InChI is InChI=1S/C15H23N5S.HI/c1-3-16-15(17-8-10-20-9-5-7-19-20)18-12-13(2)14-6-4-11-21-14;/h4-7,9,11,13H,3,8,10,12H2,1-2H3,(H2,16,17,18);1H. The highest BCUT2D eigenvalue weighted by molar-refractivity contribution is 14.0. The Labute approximate surface area is 153 Å². The molecule has 0 fully saturated rings. The summed E-state index contributed by atoms with van der Waals surface area (Å²) in [6.07, 6.45) is 3.76. The number of hydrogen-bond acceptors (Lipinski definition) is 3. The van der Waals surface area contributed by atoms with Crippen molar-refractivity contribution in [1.82, 2.24) is 20.4 Å². The summed E-state index contributed by atoms with van der Waals surface area (Å²) in [5, 5.41) is 12.9. The summed E-state index contributed by atoms with van der Waals surface area (Å²) in [5.74, 6) is 1.32. The van der Waals surface area contributed by atoms with Gasteiger partial charge in [-0.3, -0.25) is 9.67 Å². The molecule has 0 bridgehead atoms. The minimum Gasteiger partial charge on any atom is -0.357 e. The van der Waals surface area contributed by atoms with Crippen LogP contribution in [0.3, 0.4) is 0 Å². The summed E-state index contributed by atoms with van der Waals surface area (Å²) in [4.78, 5) is 6.04. The van der Waals surface area contributed by atoms with E-state index in [0.717, 1.165) is 32.1 Å². The second kappa shape index (κ2) is 10.6. The molecule has 2 rings (SSSR count). The molecule has 122 valence electrons. The Balaban J connectivity index is 0.00000242. The average molecular weight is 433 g/mol. The number of aliphatic imine (C=N–C) groups is 1. The zero-order valence-corrected chi connectivity index (χ0v) is 16.2. The highest BCUT2D eigenvalue weighted by Crippen LogP contribution is 2.20. The van der Waals surface area contributed by atoms with Crippen molar-refractivity contribution in [3.8, 4) is 0 Å². The molecule has 0 spiro atoms. The Morgan fingerprint density at radius 2 is 2.27 bits per heavy atom. The lowest BCUT2D eigenvalue weighted by molar-refractivity contribution is 0.597. The molecule has 2 N–H and O–H groups in total. The fraction of sp³-hybridized carbons (Fsp3) is 0.467. The fourth-order valence-electron chi connectivity index (χ4n) is 1.95. The number of nitrogens with one attached hydrogen (secondary N) is 2. The molecule has 1 atom stereocenters. The average Bonchev–Trinajstić information content (AvgIpc) is 3.17. The van der Waals surface area contributed by atoms with E-state index in [0.29, 0.717) is 5.92 Å². The van der Waals surface area contributed by atoms with Crippen LogP contribution >= 0.6 is 35.3 Å². The molecule has 1 unspecified atom stereocenters. The van der Waals surface area contributed by atoms with Crippen molar-refractivity contribution in [3.05, 3.63) is 40.8 Å². The number of guanidine groups is 1. The maximum atomic E-state index is 4.66. The highest BCUT2D eigenvalue weighted by atomic mass is 127. The van der Waals surface area contributed by atoms with Crippen LogP contribution < -0.4 is 10.6 Å². The molecule has 0 saturated carbocycles. The van der Waals surface area contributed by atoms with Crippen LogP contribution in [-0.4, -0.2) is 35.4 Å². The highest BCUT2D eigenvalue weighted by Gasteiger charge is 2.06. The van der Waals surface area contributed by atoms with E-state index in [1.165, 1.54) is 4.88 Å². The van der Waals surface area contributed by atoms with E-state index in [4.69, 9.17) is 0 Å². The summed E-state index contributed by atoms with van der Waals surface area (Å²) in [7, 11) is 0. The lowest BCUT2D eigenvalue weighted by Crippen LogP contribution is -2.39. The first-order valence-corrected chi connectivity index (χ1v) is 8.20. The number of hydrogen-bond donors (Lipinski definition) is 2. The van der Waals surface area contributed by atoms with Crippen LogP contribution in [0.4, 0.5) is 0 Å². The van der Waals surface area contributed by atoms with Gasteiger partial charge in [0.2, 0.25) is 0 Å². The molecule has 2 aromatic rings. The number of halogens is 1. The van der Waals surface area contributed by atoms with Crippen molar-refractivity contribution in [2.75, 3.05) is 19.6 Å². The van der Waals surface area contributed by atoms with Gasteiger partial charge < -0.3 is 10.6 Å². The lowest BCUT2D eigenvalue weighted by atomic mass is 10.1. The molecule has 0 saturated heterocycles. The van der Waals surface area contributed by atoms with Crippen LogP contribution in [0, 0.1) is 0 Å². The SMILES string of the molecule is CCNC(=NCC(C)c1cccs1)NCCn1cccn1.I. The third kappa shape index (κ3) is 6.35. The first kappa shape index (κ1) is 19.0. The Morgan fingerprint density at radius 1 is 1.41 bits per heavy atom. The molecule has 2 aromatic heterocycles. The molecular weight excluding hydrogens is 409 g/mol. The monoisotopic (exact) mass is 433 g/mol. The maximum absolute atomic E-state index is 4.66. The maximum Gasteiger partial charge on any atom is 0.191 e. The van der Waals surface area contributed by atoms with Crippen molar-refractivity contribution in [2.24, 2.45) is 4.99 Å². The van der Waals surface area contributed by atoms with Crippen molar-refractivity contribution < 1.29 is 0 Å². The number of nitrogens with zero attached hydrogens (tertiary/aromatic N) is 3. The molecule has 5 nitrogen and oxygen atoms in total. The van der Waals surface area contributed by atoms with Crippen LogP contribution in [0.1, 0.15) is 24.6 Å². The summed E-state index contributed by atoms with van der Waals surface area (Å²) < 4.78 is 1.91. The predicted molar refractivity (Wildman–Crippen MR) is 104 cm³/mol. The second-order valence-corrected chi connectivity index (χ2v) is 5.81. The molecule has 0 aromatic carbocycles. The molecule has 0 amide bonds. The van der Waals surface area contributed by atoms with E-state index in [9.17, 15) is 0 Å². The smallest absolute Gasteiger partial charge is 0.191 e. The van der Waals surface area contributed by atoms with Crippen molar-refractivity contribution in [3.63, 3.8) is 0 Å². The van der Waals surface area contributed by atoms with Gasteiger partial charge in [0.15, 0.2) is 5.96 Å². The van der Waals surface area contributed by atoms with Gasteiger partial charge in [-0.15, -0.1) is 35.3 Å². The minimum absolute atomic E-state index is 0. The van der Waals surface area contributed by atoms with Crippen molar-refractivity contribution in [2.45, 2.75) is 26.3 Å². The van der Waals surface area contributed by atoms with Gasteiger partial charge in [-0.05, 0) is 24.4 Å². The van der Waals surface area contributed by atoms with E-state index in [1.54, 1.807) is 17.5 Å². The van der Waals surface area contributed by atoms with Crippen LogP contribution in [0.15, 0.2) is 41.0 Å². The Morgan fingerprint density at radius 3 is 2.91 bits per heavy atom. The summed E-state index contributed by atoms with van der Waals surface area (Å²) in [5.41, 5.74) is 0. The molecule has 22 heavy (non-hydrogen) atoms. The predicted octanol–water partition coefficient (Wildman–Crippen LogP) is 2.92. The Hall–Kier alpha value is -1.09. The number of thiophene rings is 1. The molecular formula is C15H24IN5S. The van der Waals surface area contributed by atoms with Gasteiger partial charge in [0.1, 0.15) is 0 Å². The normalized spacial score (nSPS) is 12.5. The van der Waals surface area contributed by atoms with Gasteiger partial charge in [-0.25, -0.2) is 0 Å². The summed E-state index contributed by atoms with van der Waals surface area (Å²) in [6, 6.07) is 6.19. The van der Waals surface area contributed by atoms with Crippen molar-refractivity contribution >= 4 is 41.3 Å².